The van der Waals surface area contributed by atoms with Gasteiger partial charge in [0.15, 0.2) is 5.82 Å². The van der Waals surface area contributed by atoms with Crippen LogP contribution in [0.25, 0.3) is 111 Å². The number of nitrogens with zero attached hydrogens (tertiary/aromatic N) is 3. The Kier molecular flexibility index (Phi) is 7.78. The van der Waals surface area contributed by atoms with Crippen molar-refractivity contribution in [2.24, 2.45) is 0 Å². The average Bonchev–Trinajstić information content (AvgIpc) is 3.68. The minimum Gasteiger partial charge on any atom is -0.455 e. The van der Waals surface area contributed by atoms with Crippen molar-refractivity contribution in [3.8, 4) is 67.4 Å². The van der Waals surface area contributed by atoms with Gasteiger partial charge in [-0.05, 0) is 70.8 Å². The summed E-state index contributed by atoms with van der Waals surface area (Å²) in [5, 5.41) is 5.28. The van der Waals surface area contributed by atoms with Crippen LogP contribution >= 0.6 is 0 Å². The van der Waals surface area contributed by atoms with Crippen molar-refractivity contribution < 1.29 is 4.42 Å². The number of pyridine rings is 1. The quantitative estimate of drug-likeness (QED) is 0.160. The van der Waals surface area contributed by atoms with Gasteiger partial charge in [-0.15, -0.1) is 0 Å². The average molecular weight is 728 g/mol. The molecule has 3 heterocycles. The summed E-state index contributed by atoms with van der Waals surface area (Å²) in [5.74, 6) is 0.668. The molecule has 11 aromatic rings. The van der Waals surface area contributed by atoms with Crippen LogP contribution < -0.4 is 0 Å². The molecular weight excluding hydrogens is 695 g/mol. The molecule has 0 unspecified atom stereocenters. The second kappa shape index (κ2) is 13.6. The predicted octanol–water partition coefficient (Wildman–Crippen LogP) is 14.1. The number of rotatable bonds is 6. The van der Waals surface area contributed by atoms with E-state index in [2.05, 4.69) is 176 Å². The zero-order valence-corrected chi connectivity index (χ0v) is 30.8. The van der Waals surface area contributed by atoms with Crippen molar-refractivity contribution in [2.45, 2.75) is 0 Å². The molecule has 57 heavy (non-hydrogen) atoms. The Hall–Kier alpha value is -7.69. The molecule has 4 heteroatoms. The highest BCUT2D eigenvalue weighted by molar-refractivity contribution is 6.24. The Labute approximate surface area is 329 Å². The first-order chi connectivity index (χ1) is 28.2. The largest absolute Gasteiger partial charge is 0.455 e. The summed E-state index contributed by atoms with van der Waals surface area (Å²) in [6.45, 7) is 0. The van der Waals surface area contributed by atoms with Crippen LogP contribution in [0.5, 0.6) is 0 Å². The molecule has 0 saturated carbocycles. The molecule has 266 valence electrons. The van der Waals surface area contributed by atoms with Crippen LogP contribution in [0.1, 0.15) is 0 Å². The second-order valence-electron chi connectivity index (χ2n) is 14.4. The van der Waals surface area contributed by atoms with Gasteiger partial charge in [-0.3, -0.25) is 0 Å². The molecule has 0 aliphatic rings. The Morgan fingerprint density at radius 3 is 1.56 bits per heavy atom. The minimum absolute atomic E-state index is 0.668. The molecule has 0 amide bonds. The molecule has 0 bridgehead atoms. The third-order valence-corrected chi connectivity index (χ3v) is 10.9. The lowest BCUT2D eigenvalue weighted by Crippen LogP contribution is -1.96. The van der Waals surface area contributed by atoms with E-state index in [9.17, 15) is 0 Å². The van der Waals surface area contributed by atoms with Gasteiger partial charge in [0.1, 0.15) is 11.2 Å². The van der Waals surface area contributed by atoms with E-state index in [0.717, 1.165) is 105 Å². The van der Waals surface area contributed by atoms with Crippen LogP contribution in [-0.2, 0) is 0 Å². The van der Waals surface area contributed by atoms with Crippen LogP contribution in [0.4, 0.5) is 0 Å². The zero-order chi connectivity index (χ0) is 37.7. The first kappa shape index (κ1) is 32.7. The van der Waals surface area contributed by atoms with E-state index in [4.69, 9.17) is 19.4 Å². The lowest BCUT2D eigenvalue weighted by atomic mass is 9.97. The maximum atomic E-state index is 6.79. The van der Waals surface area contributed by atoms with Crippen LogP contribution in [0.15, 0.2) is 205 Å². The van der Waals surface area contributed by atoms with E-state index in [-0.39, 0.29) is 0 Å². The Morgan fingerprint density at radius 2 is 0.860 bits per heavy atom. The van der Waals surface area contributed by atoms with E-state index >= 15 is 0 Å². The topological polar surface area (TPSA) is 51.8 Å². The number of furan rings is 1. The van der Waals surface area contributed by atoms with Crippen molar-refractivity contribution in [3.63, 3.8) is 0 Å². The van der Waals surface area contributed by atoms with Gasteiger partial charge in [0, 0.05) is 49.2 Å². The SMILES string of the molecule is c1ccc(-c2cccc(-c3cc(-c4ccc5oc6c(ccc7c(-c8ccccc8)nc8ccccc8c76)c5c4)nc(-c4cccc(-c5ccccc5)c4)n3)c2)cc1. The first-order valence-corrected chi connectivity index (χ1v) is 19.2. The molecule has 0 spiro atoms. The van der Waals surface area contributed by atoms with Crippen LogP contribution in [0.3, 0.4) is 0 Å². The van der Waals surface area contributed by atoms with Gasteiger partial charge in [0.2, 0.25) is 0 Å². The molecule has 4 nitrogen and oxygen atoms in total. The molecule has 0 aliphatic heterocycles. The maximum Gasteiger partial charge on any atom is 0.160 e. The highest BCUT2D eigenvalue weighted by Crippen LogP contribution is 2.42. The van der Waals surface area contributed by atoms with Crippen LogP contribution in [0, 0.1) is 0 Å². The number of hydrogen-bond donors (Lipinski definition) is 0. The smallest absolute Gasteiger partial charge is 0.160 e. The van der Waals surface area contributed by atoms with E-state index in [1.54, 1.807) is 0 Å². The Bertz CT molecular complexity index is 3180. The van der Waals surface area contributed by atoms with Gasteiger partial charge in [-0.1, -0.05) is 152 Å². The number of para-hydroxylation sites is 1. The van der Waals surface area contributed by atoms with Gasteiger partial charge in [-0.25, -0.2) is 15.0 Å². The highest BCUT2D eigenvalue weighted by atomic mass is 16.3. The normalized spacial score (nSPS) is 11.5. The van der Waals surface area contributed by atoms with Crippen molar-refractivity contribution in [1.29, 1.82) is 0 Å². The van der Waals surface area contributed by atoms with Gasteiger partial charge in [-0.2, -0.15) is 0 Å². The summed E-state index contributed by atoms with van der Waals surface area (Å²) in [6, 6.07) is 69.6. The summed E-state index contributed by atoms with van der Waals surface area (Å²) < 4.78 is 6.79. The van der Waals surface area contributed by atoms with Gasteiger partial charge in [0.05, 0.1) is 22.6 Å². The third-order valence-electron chi connectivity index (χ3n) is 10.9. The molecular formula is C53H33N3O. The molecule has 0 atom stereocenters. The summed E-state index contributed by atoms with van der Waals surface area (Å²) in [4.78, 5) is 15.6. The third kappa shape index (κ3) is 5.83. The monoisotopic (exact) mass is 727 g/mol. The molecule has 8 aromatic carbocycles. The molecule has 0 fully saturated rings. The fourth-order valence-electron chi connectivity index (χ4n) is 8.07. The lowest BCUT2D eigenvalue weighted by molar-refractivity contribution is 0.673. The van der Waals surface area contributed by atoms with Crippen LogP contribution in [-0.4, -0.2) is 15.0 Å². The van der Waals surface area contributed by atoms with Crippen LogP contribution in [0.2, 0.25) is 0 Å². The number of benzene rings is 8. The predicted molar refractivity (Wildman–Crippen MR) is 235 cm³/mol. The lowest BCUT2D eigenvalue weighted by Gasteiger charge is -2.12. The van der Waals surface area contributed by atoms with Crippen molar-refractivity contribution in [1.82, 2.24) is 15.0 Å². The van der Waals surface area contributed by atoms with Gasteiger partial charge in [0.25, 0.3) is 0 Å². The first-order valence-electron chi connectivity index (χ1n) is 19.2. The molecule has 0 saturated heterocycles. The fourth-order valence-corrected chi connectivity index (χ4v) is 8.07. The van der Waals surface area contributed by atoms with Crippen molar-refractivity contribution >= 4 is 43.6 Å². The standard InChI is InChI=1S/C53H33N3O/c1-4-14-34(15-5-1)37-20-12-22-39(30-37)47-33-48(56-53(55-47)41-23-13-21-38(31-41)35-16-6-2-7-17-35)40-26-29-49-45(32-40)42-27-28-44-50(52(42)57-49)43-24-10-11-25-46(43)54-51(44)36-18-8-3-9-19-36/h1-33H. The number of fused-ring (bicyclic) bond motifs is 7. The number of hydrogen-bond acceptors (Lipinski definition) is 4. The molecule has 3 aromatic heterocycles. The van der Waals surface area contributed by atoms with Gasteiger partial charge >= 0.3 is 0 Å². The maximum absolute atomic E-state index is 6.79. The molecule has 11 rings (SSSR count). The van der Waals surface area contributed by atoms with E-state index in [0.29, 0.717) is 5.82 Å². The summed E-state index contributed by atoms with van der Waals surface area (Å²) in [6.07, 6.45) is 0. The summed E-state index contributed by atoms with van der Waals surface area (Å²) in [5.41, 5.74) is 13.9. The van der Waals surface area contributed by atoms with E-state index in [1.807, 2.05) is 24.3 Å². The molecule has 0 N–H and O–H groups in total. The molecule has 0 aliphatic carbocycles. The second-order valence-corrected chi connectivity index (χ2v) is 14.4. The summed E-state index contributed by atoms with van der Waals surface area (Å²) >= 11 is 0. The van der Waals surface area contributed by atoms with Crippen molar-refractivity contribution in [3.05, 3.63) is 200 Å². The van der Waals surface area contributed by atoms with Gasteiger partial charge < -0.3 is 4.42 Å². The van der Waals surface area contributed by atoms with Crippen molar-refractivity contribution in [2.75, 3.05) is 0 Å². The summed E-state index contributed by atoms with van der Waals surface area (Å²) in [7, 11) is 0. The Morgan fingerprint density at radius 1 is 0.316 bits per heavy atom. The zero-order valence-electron chi connectivity index (χ0n) is 30.8. The van der Waals surface area contributed by atoms with E-state index in [1.165, 1.54) is 0 Å². The highest BCUT2D eigenvalue weighted by Gasteiger charge is 2.19. The van der Waals surface area contributed by atoms with E-state index < -0.39 is 0 Å². The Balaban J connectivity index is 1.11. The fraction of sp³-hybridized carbons (Fsp3) is 0. The molecule has 0 radical (unpaired) electrons. The minimum atomic E-state index is 0.668. The number of aromatic nitrogens is 3.